The SMILES string of the molecule is Nc1cccn2c(-c3ccccc3Br)nnc12. The van der Waals surface area contributed by atoms with E-state index in [1.54, 1.807) is 0 Å². The van der Waals surface area contributed by atoms with Crippen molar-refractivity contribution in [3.05, 3.63) is 47.1 Å². The van der Waals surface area contributed by atoms with Gasteiger partial charge in [0.15, 0.2) is 11.5 Å². The van der Waals surface area contributed by atoms with Crippen molar-refractivity contribution in [1.29, 1.82) is 0 Å². The molecular formula is C12H9BrN4. The number of fused-ring (bicyclic) bond motifs is 1. The van der Waals surface area contributed by atoms with Crippen LogP contribution in [0.15, 0.2) is 47.1 Å². The summed E-state index contributed by atoms with van der Waals surface area (Å²) >= 11 is 3.51. The minimum atomic E-state index is 0.623. The lowest BCUT2D eigenvalue weighted by Gasteiger charge is -2.02. The molecule has 2 N–H and O–H groups in total. The molecule has 2 heterocycles. The van der Waals surface area contributed by atoms with Crippen LogP contribution in [-0.2, 0) is 0 Å². The van der Waals surface area contributed by atoms with Crippen molar-refractivity contribution in [2.24, 2.45) is 0 Å². The summed E-state index contributed by atoms with van der Waals surface area (Å²) in [7, 11) is 0. The lowest BCUT2D eigenvalue weighted by Crippen LogP contribution is -1.93. The van der Waals surface area contributed by atoms with Crippen molar-refractivity contribution in [1.82, 2.24) is 14.6 Å². The van der Waals surface area contributed by atoms with E-state index in [9.17, 15) is 0 Å². The molecule has 0 atom stereocenters. The molecule has 3 rings (SSSR count). The van der Waals surface area contributed by atoms with E-state index in [1.165, 1.54) is 0 Å². The Morgan fingerprint density at radius 3 is 2.71 bits per heavy atom. The predicted octanol–water partition coefficient (Wildman–Crippen LogP) is 2.74. The highest BCUT2D eigenvalue weighted by Gasteiger charge is 2.11. The zero-order valence-electron chi connectivity index (χ0n) is 8.84. The summed E-state index contributed by atoms with van der Waals surface area (Å²) in [6.45, 7) is 0. The van der Waals surface area contributed by atoms with Crippen LogP contribution < -0.4 is 5.73 Å². The van der Waals surface area contributed by atoms with Crippen molar-refractivity contribution in [2.75, 3.05) is 5.73 Å². The second-order valence-corrected chi connectivity index (χ2v) is 4.51. The molecule has 0 saturated heterocycles. The number of nitrogens with zero attached hydrogens (tertiary/aromatic N) is 3. The number of pyridine rings is 1. The molecule has 5 heteroatoms. The van der Waals surface area contributed by atoms with Gasteiger partial charge in [0.1, 0.15) is 0 Å². The first-order chi connectivity index (χ1) is 8.27. The number of benzene rings is 1. The Hall–Kier alpha value is -1.88. The smallest absolute Gasteiger partial charge is 0.184 e. The minimum absolute atomic E-state index is 0.623. The van der Waals surface area contributed by atoms with Crippen LogP contribution >= 0.6 is 15.9 Å². The van der Waals surface area contributed by atoms with Crippen molar-refractivity contribution in [2.45, 2.75) is 0 Å². The summed E-state index contributed by atoms with van der Waals surface area (Å²) in [5.74, 6) is 0.778. The number of hydrogen-bond donors (Lipinski definition) is 1. The fourth-order valence-electron chi connectivity index (χ4n) is 1.76. The number of halogens is 1. The third kappa shape index (κ3) is 1.59. The van der Waals surface area contributed by atoms with E-state index < -0.39 is 0 Å². The number of rotatable bonds is 1. The molecule has 17 heavy (non-hydrogen) atoms. The Morgan fingerprint density at radius 1 is 1.06 bits per heavy atom. The Kier molecular flexibility index (Phi) is 2.33. The molecule has 0 unspecified atom stereocenters. The molecule has 0 saturated carbocycles. The highest BCUT2D eigenvalue weighted by atomic mass is 79.9. The van der Waals surface area contributed by atoms with Crippen molar-refractivity contribution in [3.8, 4) is 11.4 Å². The Labute approximate surface area is 106 Å². The molecule has 2 aromatic heterocycles. The van der Waals surface area contributed by atoms with Gasteiger partial charge in [-0.3, -0.25) is 4.40 Å². The average Bonchev–Trinajstić information content (AvgIpc) is 2.75. The Bertz CT molecular complexity index is 690. The monoisotopic (exact) mass is 288 g/mol. The molecule has 0 aliphatic carbocycles. The maximum absolute atomic E-state index is 5.85. The predicted molar refractivity (Wildman–Crippen MR) is 70.5 cm³/mol. The van der Waals surface area contributed by atoms with Crippen LogP contribution in [0.2, 0.25) is 0 Å². The Balaban J connectivity index is 2.33. The van der Waals surface area contributed by atoms with Gasteiger partial charge in [-0.05, 0) is 18.2 Å². The normalized spacial score (nSPS) is 10.9. The summed E-state index contributed by atoms with van der Waals surface area (Å²) in [5, 5.41) is 8.29. The van der Waals surface area contributed by atoms with Gasteiger partial charge in [-0.25, -0.2) is 0 Å². The van der Waals surface area contributed by atoms with Crippen LogP contribution in [0.3, 0.4) is 0 Å². The first-order valence-corrected chi connectivity index (χ1v) is 5.91. The molecule has 84 valence electrons. The second kappa shape index (κ2) is 3.85. The molecule has 0 aliphatic heterocycles. The topological polar surface area (TPSA) is 56.2 Å². The molecule has 0 bridgehead atoms. The van der Waals surface area contributed by atoms with Gasteiger partial charge in [-0.15, -0.1) is 10.2 Å². The standard InChI is InChI=1S/C12H9BrN4/c13-9-5-2-1-4-8(9)11-15-16-12-10(14)6-3-7-17(11)12/h1-7H,14H2. The third-order valence-electron chi connectivity index (χ3n) is 2.58. The lowest BCUT2D eigenvalue weighted by atomic mass is 10.2. The van der Waals surface area contributed by atoms with Crippen LogP contribution in [0.1, 0.15) is 0 Å². The number of nitrogens with two attached hydrogens (primary N) is 1. The van der Waals surface area contributed by atoms with Gasteiger partial charge < -0.3 is 5.73 Å². The summed E-state index contributed by atoms with van der Waals surface area (Å²) in [4.78, 5) is 0. The first-order valence-electron chi connectivity index (χ1n) is 5.11. The summed E-state index contributed by atoms with van der Waals surface area (Å²) < 4.78 is 2.87. The molecule has 0 aliphatic rings. The van der Waals surface area contributed by atoms with Crippen molar-refractivity contribution < 1.29 is 0 Å². The highest BCUT2D eigenvalue weighted by molar-refractivity contribution is 9.10. The minimum Gasteiger partial charge on any atom is -0.396 e. The van der Waals surface area contributed by atoms with E-state index in [-0.39, 0.29) is 0 Å². The maximum atomic E-state index is 5.85. The van der Waals surface area contributed by atoms with E-state index in [1.807, 2.05) is 47.0 Å². The summed E-state index contributed by atoms with van der Waals surface area (Å²) in [6, 6.07) is 11.6. The lowest BCUT2D eigenvalue weighted by molar-refractivity contribution is 1.11. The van der Waals surface area contributed by atoms with Gasteiger partial charge in [0.25, 0.3) is 0 Å². The number of anilines is 1. The van der Waals surface area contributed by atoms with Crippen molar-refractivity contribution >= 4 is 27.3 Å². The summed E-state index contributed by atoms with van der Waals surface area (Å²) in [5.41, 5.74) is 8.14. The van der Waals surface area contributed by atoms with E-state index in [0.29, 0.717) is 11.3 Å². The van der Waals surface area contributed by atoms with Gasteiger partial charge in [0.05, 0.1) is 5.69 Å². The number of nitrogen functional groups attached to an aromatic ring is 1. The molecule has 0 radical (unpaired) electrons. The maximum Gasteiger partial charge on any atom is 0.184 e. The van der Waals surface area contributed by atoms with Gasteiger partial charge in [-0.2, -0.15) is 0 Å². The van der Waals surface area contributed by atoms with E-state index in [0.717, 1.165) is 15.9 Å². The molecule has 4 nitrogen and oxygen atoms in total. The fraction of sp³-hybridized carbons (Fsp3) is 0. The van der Waals surface area contributed by atoms with Gasteiger partial charge in [0.2, 0.25) is 0 Å². The van der Waals surface area contributed by atoms with Crippen LogP contribution in [-0.4, -0.2) is 14.6 Å². The highest BCUT2D eigenvalue weighted by Crippen LogP contribution is 2.27. The van der Waals surface area contributed by atoms with Crippen molar-refractivity contribution in [3.63, 3.8) is 0 Å². The van der Waals surface area contributed by atoms with Gasteiger partial charge in [0, 0.05) is 16.2 Å². The van der Waals surface area contributed by atoms with Crippen LogP contribution in [0.4, 0.5) is 5.69 Å². The second-order valence-electron chi connectivity index (χ2n) is 3.66. The largest absolute Gasteiger partial charge is 0.396 e. The Morgan fingerprint density at radius 2 is 1.88 bits per heavy atom. The van der Waals surface area contributed by atoms with E-state index in [4.69, 9.17) is 5.73 Å². The number of hydrogen-bond acceptors (Lipinski definition) is 3. The quantitative estimate of drug-likeness (QED) is 0.749. The molecule has 0 fully saturated rings. The molecule has 0 amide bonds. The zero-order chi connectivity index (χ0) is 11.8. The van der Waals surface area contributed by atoms with Crippen LogP contribution in [0, 0.1) is 0 Å². The van der Waals surface area contributed by atoms with Crippen LogP contribution in [0.25, 0.3) is 17.0 Å². The van der Waals surface area contributed by atoms with Gasteiger partial charge >= 0.3 is 0 Å². The molecule has 3 aromatic rings. The molecular weight excluding hydrogens is 280 g/mol. The van der Waals surface area contributed by atoms with Gasteiger partial charge in [-0.1, -0.05) is 34.1 Å². The molecule has 1 aromatic carbocycles. The average molecular weight is 289 g/mol. The fourth-order valence-corrected chi connectivity index (χ4v) is 2.23. The molecule has 0 spiro atoms. The van der Waals surface area contributed by atoms with Crippen LogP contribution in [0.5, 0.6) is 0 Å². The summed E-state index contributed by atoms with van der Waals surface area (Å²) in [6.07, 6.45) is 1.90. The zero-order valence-corrected chi connectivity index (χ0v) is 10.4. The third-order valence-corrected chi connectivity index (χ3v) is 3.27. The first kappa shape index (κ1) is 10.3. The van der Waals surface area contributed by atoms with E-state index in [2.05, 4.69) is 26.1 Å². The van der Waals surface area contributed by atoms with E-state index >= 15 is 0 Å². The number of aromatic nitrogens is 3.